The van der Waals surface area contributed by atoms with Crippen LogP contribution in [0.25, 0.3) is 0 Å². The van der Waals surface area contributed by atoms with Gasteiger partial charge in [0.1, 0.15) is 5.60 Å². The second-order valence-electron chi connectivity index (χ2n) is 15.9. The van der Waals surface area contributed by atoms with Crippen LogP contribution in [0.15, 0.2) is 6.20 Å². The van der Waals surface area contributed by atoms with Crippen LogP contribution in [-0.4, -0.2) is 44.1 Å². The summed E-state index contributed by atoms with van der Waals surface area (Å²) in [4.78, 5) is 13.0. The van der Waals surface area contributed by atoms with Crippen molar-refractivity contribution in [2.45, 2.75) is 146 Å². The van der Waals surface area contributed by atoms with Crippen molar-refractivity contribution in [2.24, 2.45) is 21.7 Å². The number of aromatic nitrogens is 3. The summed E-state index contributed by atoms with van der Waals surface area (Å²) in [5, 5.41) is 8.64. The summed E-state index contributed by atoms with van der Waals surface area (Å²) in [5.74, 6) is -0.467. The van der Waals surface area contributed by atoms with E-state index in [0.29, 0.717) is 13.0 Å². The molecule has 2 unspecified atom stereocenters. The monoisotopic (exact) mass is 541 g/mol. The summed E-state index contributed by atoms with van der Waals surface area (Å²) in [5.41, 5.74) is -0.891. The maximum atomic E-state index is 13.0. The summed E-state index contributed by atoms with van der Waals surface area (Å²) < 4.78 is 13.5. The van der Waals surface area contributed by atoms with Gasteiger partial charge in [-0.15, -0.1) is 16.7 Å². The van der Waals surface area contributed by atoms with Crippen LogP contribution >= 0.6 is 11.6 Å². The predicted molar refractivity (Wildman–Crippen MR) is 154 cm³/mol. The molecule has 1 heterocycles. The third-order valence-electron chi connectivity index (χ3n) is 7.67. The minimum Gasteiger partial charge on any atom is -0.455 e. The molecule has 0 aliphatic heterocycles. The van der Waals surface area contributed by atoms with Gasteiger partial charge in [0.05, 0.1) is 24.4 Å². The molecule has 0 aliphatic carbocycles. The highest BCUT2D eigenvalue weighted by Gasteiger charge is 2.46. The average Bonchev–Trinajstić information content (AvgIpc) is 3.11. The summed E-state index contributed by atoms with van der Waals surface area (Å²) in [6.07, 6.45) is 4.09. The Kier molecular flexibility index (Phi) is 10.6. The molecule has 0 saturated carbocycles. The molecule has 0 spiro atoms. The Bertz CT molecular complexity index is 883. The Labute approximate surface area is 232 Å². The SMILES string of the molecule is CC(C)(C)CC(Cl)C(C)(C)C(C)(C)CC(n1cc(C(=O)OC(C)(C)CCOC(C)(C)C)nn1)C(C)(C)C. The van der Waals surface area contributed by atoms with Gasteiger partial charge in [-0.05, 0) is 69.1 Å². The number of carbonyl (C=O) groups is 1. The Morgan fingerprint density at radius 2 is 1.46 bits per heavy atom. The largest absolute Gasteiger partial charge is 0.455 e. The van der Waals surface area contributed by atoms with E-state index in [1.54, 1.807) is 6.20 Å². The van der Waals surface area contributed by atoms with Crippen molar-refractivity contribution >= 4 is 17.6 Å². The zero-order valence-electron chi connectivity index (χ0n) is 26.5. The molecule has 0 amide bonds. The molecule has 1 rings (SSSR count). The van der Waals surface area contributed by atoms with Crippen LogP contribution < -0.4 is 0 Å². The van der Waals surface area contributed by atoms with Gasteiger partial charge in [0.25, 0.3) is 0 Å². The van der Waals surface area contributed by atoms with Gasteiger partial charge < -0.3 is 9.47 Å². The molecule has 1 aromatic heterocycles. The molecule has 2 atom stereocenters. The normalized spacial score (nSPS) is 16.0. The molecule has 0 aliphatic rings. The van der Waals surface area contributed by atoms with Gasteiger partial charge in [-0.2, -0.15) is 0 Å². The van der Waals surface area contributed by atoms with E-state index in [-0.39, 0.29) is 44.4 Å². The Morgan fingerprint density at radius 3 is 1.92 bits per heavy atom. The van der Waals surface area contributed by atoms with Crippen LogP contribution in [0.1, 0.15) is 140 Å². The van der Waals surface area contributed by atoms with Crippen LogP contribution in [0.3, 0.4) is 0 Å². The van der Waals surface area contributed by atoms with Crippen LogP contribution in [0.2, 0.25) is 0 Å². The smallest absolute Gasteiger partial charge is 0.361 e. The second-order valence-corrected chi connectivity index (χ2v) is 16.4. The molecule has 37 heavy (non-hydrogen) atoms. The number of esters is 1. The molecular formula is C30H56ClN3O3. The molecule has 6 nitrogen and oxygen atoms in total. The number of halogens is 1. The quantitative estimate of drug-likeness (QED) is 0.207. The van der Waals surface area contributed by atoms with E-state index in [1.165, 1.54) is 0 Å². The molecule has 216 valence electrons. The van der Waals surface area contributed by atoms with E-state index in [4.69, 9.17) is 21.1 Å². The molecule has 0 N–H and O–H groups in total. The van der Waals surface area contributed by atoms with E-state index >= 15 is 0 Å². The first-order valence-corrected chi connectivity index (χ1v) is 14.1. The first-order chi connectivity index (χ1) is 16.3. The summed E-state index contributed by atoms with van der Waals surface area (Å²) in [6, 6.07) is 0.0162. The van der Waals surface area contributed by atoms with Crippen LogP contribution in [0, 0.1) is 21.7 Å². The Balaban J connectivity index is 3.10. The molecule has 0 saturated heterocycles. The summed E-state index contributed by atoms with van der Waals surface area (Å²) in [7, 11) is 0. The van der Waals surface area contributed by atoms with Gasteiger partial charge in [-0.3, -0.25) is 0 Å². The molecular weight excluding hydrogens is 486 g/mol. The van der Waals surface area contributed by atoms with Crippen molar-refractivity contribution in [2.75, 3.05) is 6.61 Å². The number of nitrogens with zero attached hydrogens (tertiary/aromatic N) is 3. The number of carbonyl (C=O) groups excluding carboxylic acids is 1. The van der Waals surface area contributed by atoms with Crippen molar-refractivity contribution in [3.05, 3.63) is 11.9 Å². The number of rotatable bonds is 11. The second kappa shape index (κ2) is 11.5. The van der Waals surface area contributed by atoms with E-state index < -0.39 is 11.6 Å². The van der Waals surface area contributed by atoms with Crippen molar-refractivity contribution < 1.29 is 14.3 Å². The lowest BCUT2D eigenvalue weighted by molar-refractivity contribution is -0.0477. The zero-order chi connectivity index (χ0) is 29.3. The summed E-state index contributed by atoms with van der Waals surface area (Å²) >= 11 is 7.05. The summed E-state index contributed by atoms with van der Waals surface area (Å²) in [6.45, 7) is 32.7. The maximum Gasteiger partial charge on any atom is 0.361 e. The standard InChI is InChI=1S/C30H56ClN3O3/c1-25(2,3)18-22(31)30(14,15)28(10,11)19-23(26(4,5)6)34-20-21(32-33-34)24(35)37-29(12,13)16-17-36-27(7,8)9/h20,22-23H,16-19H2,1-15H3. The number of hydrogen-bond acceptors (Lipinski definition) is 5. The van der Waals surface area contributed by atoms with Gasteiger partial charge in [0.15, 0.2) is 5.69 Å². The minimum absolute atomic E-state index is 0.0162. The van der Waals surface area contributed by atoms with Crippen molar-refractivity contribution in [1.82, 2.24) is 15.0 Å². The van der Waals surface area contributed by atoms with Crippen LogP contribution in [0.5, 0.6) is 0 Å². The first-order valence-electron chi connectivity index (χ1n) is 13.7. The van der Waals surface area contributed by atoms with Crippen LogP contribution in [0.4, 0.5) is 0 Å². The highest BCUT2D eigenvalue weighted by atomic mass is 35.5. The lowest BCUT2D eigenvalue weighted by Gasteiger charge is -2.49. The fraction of sp³-hybridized carbons (Fsp3) is 0.900. The molecule has 7 heteroatoms. The van der Waals surface area contributed by atoms with E-state index in [2.05, 4.69) is 79.5 Å². The average molecular weight is 542 g/mol. The topological polar surface area (TPSA) is 66.2 Å². The van der Waals surface area contributed by atoms with Crippen LogP contribution in [-0.2, 0) is 9.47 Å². The molecule has 0 radical (unpaired) electrons. The van der Waals surface area contributed by atoms with Crippen molar-refractivity contribution in [1.29, 1.82) is 0 Å². The van der Waals surface area contributed by atoms with E-state index in [0.717, 1.165) is 12.8 Å². The van der Waals surface area contributed by atoms with Gasteiger partial charge in [-0.1, -0.05) is 74.5 Å². The maximum absolute atomic E-state index is 13.0. The van der Waals surface area contributed by atoms with E-state index in [1.807, 2.05) is 39.3 Å². The van der Waals surface area contributed by atoms with Gasteiger partial charge in [-0.25, -0.2) is 9.48 Å². The molecule has 0 aromatic carbocycles. The highest BCUT2D eigenvalue weighted by molar-refractivity contribution is 6.21. The fourth-order valence-corrected chi connectivity index (χ4v) is 5.00. The molecule has 1 aromatic rings. The number of alkyl halides is 1. The predicted octanol–water partition coefficient (Wildman–Crippen LogP) is 8.49. The van der Waals surface area contributed by atoms with Gasteiger partial charge in [0.2, 0.25) is 0 Å². The third-order valence-corrected chi connectivity index (χ3v) is 8.37. The van der Waals surface area contributed by atoms with Gasteiger partial charge >= 0.3 is 5.97 Å². The fourth-order valence-electron chi connectivity index (χ4n) is 4.24. The zero-order valence-corrected chi connectivity index (χ0v) is 27.3. The van der Waals surface area contributed by atoms with Gasteiger partial charge in [0, 0.05) is 11.8 Å². The minimum atomic E-state index is -0.677. The molecule has 0 bridgehead atoms. The van der Waals surface area contributed by atoms with Crippen molar-refractivity contribution in [3.63, 3.8) is 0 Å². The Hall–Kier alpha value is -1.14. The number of hydrogen-bond donors (Lipinski definition) is 0. The van der Waals surface area contributed by atoms with E-state index in [9.17, 15) is 4.79 Å². The number of ether oxygens (including phenoxy) is 2. The third kappa shape index (κ3) is 10.5. The molecule has 0 fully saturated rings. The first kappa shape index (κ1) is 33.9. The lowest BCUT2D eigenvalue weighted by Crippen LogP contribution is -2.44. The van der Waals surface area contributed by atoms with Crippen molar-refractivity contribution in [3.8, 4) is 0 Å². The highest BCUT2D eigenvalue weighted by Crippen LogP contribution is 2.52. The Morgan fingerprint density at radius 1 is 0.919 bits per heavy atom. The lowest BCUT2D eigenvalue weighted by atomic mass is 9.60.